The smallest absolute Gasteiger partial charge is 0.127 e. The molecule has 84 valence electrons. The minimum atomic E-state index is 0.943. The van der Waals surface area contributed by atoms with Crippen LogP contribution in [0.25, 0.3) is 0 Å². The first kappa shape index (κ1) is 11.3. The molecule has 0 atom stereocenters. The molecule has 0 amide bonds. The monoisotopic (exact) mass is 279 g/mol. The zero-order valence-electron chi connectivity index (χ0n) is 9.44. The van der Waals surface area contributed by atoms with E-state index in [1.807, 2.05) is 32.3 Å². The Bertz CT molecular complexity index is 477. The predicted octanol–water partition coefficient (Wildman–Crippen LogP) is 2.67. The third-order valence-corrected chi connectivity index (χ3v) is 3.37. The maximum Gasteiger partial charge on any atom is 0.127 e. The minimum Gasteiger partial charge on any atom is -0.334 e. The molecule has 0 saturated carbocycles. The van der Waals surface area contributed by atoms with Gasteiger partial charge in [-0.05, 0) is 47.8 Å². The van der Waals surface area contributed by atoms with Gasteiger partial charge in [-0.25, -0.2) is 4.98 Å². The van der Waals surface area contributed by atoms with Crippen LogP contribution in [0.3, 0.4) is 0 Å². The Hall–Kier alpha value is -1.16. The van der Waals surface area contributed by atoms with Crippen LogP contribution in [-0.2, 0) is 19.9 Å². The van der Waals surface area contributed by atoms with E-state index in [0.717, 1.165) is 29.0 Å². The quantitative estimate of drug-likeness (QED) is 0.865. The fraction of sp³-hybridized carbons (Fsp3) is 0.333. The molecule has 3 nitrogen and oxygen atoms in total. The molecule has 0 N–H and O–H groups in total. The van der Waals surface area contributed by atoms with Gasteiger partial charge >= 0.3 is 0 Å². The van der Waals surface area contributed by atoms with Crippen LogP contribution in [0.5, 0.6) is 0 Å². The summed E-state index contributed by atoms with van der Waals surface area (Å²) in [5.41, 5.74) is 2.34. The average molecular weight is 280 g/mol. The fourth-order valence-electron chi connectivity index (χ4n) is 1.68. The second-order valence-corrected chi connectivity index (χ2v) is 4.53. The highest BCUT2D eigenvalue weighted by Crippen LogP contribution is 2.18. The summed E-state index contributed by atoms with van der Waals surface area (Å²) in [6.07, 6.45) is 3.73. The summed E-state index contributed by atoms with van der Waals surface area (Å²) in [4.78, 5) is 8.70. The van der Waals surface area contributed by atoms with Gasteiger partial charge in [-0.1, -0.05) is 6.07 Å². The topological polar surface area (TPSA) is 30.7 Å². The van der Waals surface area contributed by atoms with Crippen molar-refractivity contribution < 1.29 is 0 Å². The van der Waals surface area contributed by atoms with Crippen LogP contribution in [0, 0.1) is 6.92 Å². The highest BCUT2D eigenvalue weighted by molar-refractivity contribution is 9.10. The molecular formula is C12H14BrN3. The summed E-state index contributed by atoms with van der Waals surface area (Å²) >= 11 is 3.49. The number of aryl methyl sites for hydroxylation is 2. The van der Waals surface area contributed by atoms with Crippen molar-refractivity contribution in [2.24, 2.45) is 7.05 Å². The van der Waals surface area contributed by atoms with Crippen molar-refractivity contribution in [2.45, 2.75) is 19.8 Å². The Kier molecular flexibility index (Phi) is 3.39. The van der Waals surface area contributed by atoms with Crippen molar-refractivity contribution in [3.05, 3.63) is 46.2 Å². The lowest BCUT2D eigenvalue weighted by atomic mass is 10.2. The average Bonchev–Trinajstić information content (AvgIpc) is 2.53. The van der Waals surface area contributed by atoms with E-state index in [1.54, 1.807) is 0 Å². The van der Waals surface area contributed by atoms with Crippen LogP contribution in [-0.4, -0.2) is 14.5 Å². The number of nitrogens with zero attached hydrogens (tertiary/aromatic N) is 3. The van der Waals surface area contributed by atoms with Gasteiger partial charge in [0, 0.05) is 18.9 Å². The molecular weight excluding hydrogens is 266 g/mol. The molecule has 0 spiro atoms. The first-order chi connectivity index (χ1) is 7.68. The normalized spacial score (nSPS) is 10.7. The van der Waals surface area contributed by atoms with Crippen LogP contribution in [0.15, 0.2) is 29.0 Å². The molecule has 0 saturated heterocycles. The molecule has 0 aliphatic carbocycles. The lowest BCUT2D eigenvalue weighted by Crippen LogP contribution is -2.01. The van der Waals surface area contributed by atoms with E-state index in [4.69, 9.17) is 0 Å². The molecule has 0 fully saturated rings. The maximum atomic E-state index is 4.38. The van der Waals surface area contributed by atoms with E-state index in [0.29, 0.717) is 0 Å². The SMILES string of the molecule is Cc1nc(Br)c(CCc2ccccn2)n1C. The third-order valence-electron chi connectivity index (χ3n) is 2.73. The number of imidazole rings is 1. The number of aromatic nitrogens is 3. The Labute approximate surface area is 104 Å². The van der Waals surface area contributed by atoms with Crippen molar-refractivity contribution >= 4 is 15.9 Å². The first-order valence-corrected chi connectivity index (χ1v) is 6.05. The number of hydrogen-bond acceptors (Lipinski definition) is 2. The number of hydrogen-bond donors (Lipinski definition) is 0. The standard InChI is InChI=1S/C12H14BrN3/c1-9-15-12(13)11(16(9)2)7-6-10-5-3-4-8-14-10/h3-5,8H,6-7H2,1-2H3. The van der Waals surface area contributed by atoms with E-state index in [9.17, 15) is 0 Å². The van der Waals surface area contributed by atoms with E-state index in [1.165, 1.54) is 5.69 Å². The van der Waals surface area contributed by atoms with Crippen LogP contribution < -0.4 is 0 Å². The summed E-state index contributed by atoms with van der Waals surface area (Å²) < 4.78 is 3.07. The summed E-state index contributed by atoms with van der Waals surface area (Å²) in [6, 6.07) is 6.01. The third kappa shape index (κ3) is 2.32. The lowest BCUT2D eigenvalue weighted by molar-refractivity contribution is 0.763. The Morgan fingerprint density at radius 3 is 2.69 bits per heavy atom. The number of halogens is 1. The van der Waals surface area contributed by atoms with Crippen molar-refractivity contribution in [3.8, 4) is 0 Å². The highest BCUT2D eigenvalue weighted by atomic mass is 79.9. The van der Waals surface area contributed by atoms with Gasteiger partial charge in [-0.2, -0.15) is 0 Å². The summed E-state index contributed by atoms with van der Waals surface area (Å²) in [5, 5.41) is 0. The van der Waals surface area contributed by atoms with Crippen LogP contribution >= 0.6 is 15.9 Å². The maximum absolute atomic E-state index is 4.38. The van der Waals surface area contributed by atoms with Crippen molar-refractivity contribution in [2.75, 3.05) is 0 Å². The van der Waals surface area contributed by atoms with Gasteiger partial charge in [0.25, 0.3) is 0 Å². The van der Waals surface area contributed by atoms with Gasteiger partial charge in [-0.3, -0.25) is 4.98 Å². The molecule has 16 heavy (non-hydrogen) atoms. The Morgan fingerprint density at radius 1 is 1.31 bits per heavy atom. The molecule has 2 heterocycles. The van der Waals surface area contributed by atoms with Crippen LogP contribution in [0.4, 0.5) is 0 Å². The fourth-order valence-corrected chi connectivity index (χ4v) is 2.40. The van der Waals surface area contributed by atoms with Crippen molar-refractivity contribution in [1.29, 1.82) is 0 Å². The van der Waals surface area contributed by atoms with Crippen molar-refractivity contribution in [1.82, 2.24) is 14.5 Å². The zero-order valence-corrected chi connectivity index (χ0v) is 11.0. The van der Waals surface area contributed by atoms with Crippen molar-refractivity contribution in [3.63, 3.8) is 0 Å². The zero-order chi connectivity index (χ0) is 11.5. The molecule has 4 heteroatoms. The van der Waals surface area contributed by atoms with E-state index in [-0.39, 0.29) is 0 Å². The van der Waals surface area contributed by atoms with Gasteiger partial charge in [0.1, 0.15) is 10.4 Å². The lowest BCUT2D eigenvalue weighted by Gasteiger charge is -2.04. The molecule has 2 aromatic heterocycles. The predicted molar refractivity (Wildman–Crippen MR) is 67.3 cm³/mol. The van der Waals surface area contributed by atoms with Gasteiger partial charge in [0.2, 0.25) is 0 Å². The molecule has 2 aromatic rings. The van der Waals surface area contributed by atoms with Gasteiger partial charge in [-0.15, -0.1) is 0 Å². The second-order valence-electron chi connectivity index (χ2n) is 3.78. The van der Waals surface area contributed by atoms with Gasteiger partial charge in [0.15, 0.2) is 0 Å². The first-order valence-electron chi connectivity index (χ1n) is 5.26. The molecule has 0 bridgehead atoms. The largest absolute Gasteiger partial charge is 0.334 e. The molecule has 0 aliphatic heterocycles. The Morgan fingerprint density at radius 2 is 2.12 bits per heavy atom. The summed E-state index contributed by atoms with van der Waals surface area (Å²) in [5.74, 6) is 1.03. The van der Waals surface area contributed by atoms with E-state index in [2.05, 4.69) is 36.5 Å². The molecule has 2 rings (SSSR count). The molecule has 0 unspecified atom stereocenters. The van der Waals surface area contributed by atoms with Crippen LogP contribution in [0.1, 0.15) is 17.2 Å². The molecule has 0 aromatic carbocycles. The summed E-state index contributed by atoms with van der Waals surface area (Å²) in [7, 11) is 2.04. The number of rotatable bonds is 3. The van der Waals surface area contributed by atoms with E-state index >= 15 is 0 Å². The molecule has 0 radical (unpaired) electrons. The number of pyridine rings is 1. The van der Waals surface area contributed by atoms with Gasteiger partial charge in [0.05, 0.1) is 5.69 Å². The van der Waals surface area contributed by atoms with E-state index < -0.39 is 0 Å². The second kappa shape index (κ2) is 4.78. The molecule has 0 aliphatic rings. The summed E-state index contributed by atoms with van der Waals surface area (Å²) in [6.45, 7) is 2.01. The minimum absolute atomic E-state index is 0.943. The van der Waals surface area contributed by atoms with Gasteiger partial charge < -0.3 is 4.57 Å². The van der Waals surface area contributed by atoms with Crippen LogP contribution in [0.2, 0.25) is 0 Å². The Balaban J connectivity index is 2.11. The highest BCUT2D eigenvalue weighted by Gasteiger charge is 2.09.